The van der Waals surface area contributed by atoms with Crippen LogP contribution in [0.3, 0.4) is 0 Å². The van der Waals surface area contributed by atoms with E-state index < -0.39 is 0 Å². The lowest BCUT2D eigenvalue weighted by Crippen LogP contribution is -2.16. The molecule has 0 aromatic carbocycles. The molecule has 0 radical (unpaired) electrons. The van der Waals surface area contributed by atoms with Gasteiger partial charge in [0.25, 0.3) is 0 Å². The largest absolute Gasteiger partial charge is 0.486 e. The lowest BCUT2D eigenvalue weighted by Gasteiger charge is -2.06. The minimum absolute atomic E-state index is 0.595. The van der Waals surface area contributed by atoms with E-state index in [2.05, 4.69) is 37.7 Å². The Kier molecular flexibility index (Phi) is 4.15. The van der Waals surface area contributed by atoms with Crippen LogP contribution in [0.25, 0.3) is 0 Å². The van der Waals surface area contributed by atoms with Gasteiger partial charge in [-0.3, -0.25) is 4.98 Å². The summed E-state index contributed by atoms with van der Waals surface area (Å²) < 4.78 is 6.81. The minimum Gasteiger partial charge on any atom is -0.486 e. The van der Waals surface area contributed by atoms with E-state index in [9.17, 15) is 0 Å². The zero-order valence-electron chi connectivity index (χ0n) is 10.4. The number of hydrogen-bond acceptors (Lipinski definition) is 4. The Bertz CT molecular complexity index is 537. The van der Waals surface area contributed by atoms with Gasteiger partial charge in [-0.15, -0.1) is 11.3 Å². The number of pyridine rings is 1. The van der Waals surface area contributed by atoms with Crippen molar-refractivity contribution >= 4 is 27.3 Å². The first-order valence-corrected chi connectivity index (χ1v) is 8.01. The van der Waals surface area contributed by atoms with Crippen molar-refractivity contribution in [1.29, 1.82) is 0 Å². The van der Waals surface area contributed by atoms with Crippen molar-refractivity contribution < 1.29 is 4.74 Å². The highest BCUT2D eigenvalue weighted by Crippen LogP contribution is 2.22. The molecule has 0 aliphatic heterocycles. The molecular formula is C14H15BrN2OS. The fraction of sp³-hybridized carbons (Fsp3) is 0.357. The van der Waals surface area contributed by atoms with Crippen LogP contribution >= 0.6 is 27.3 Å². The third kappa shape index (κ3) is 4.03. The fourth-order valence-corrected chi connectivity index (χ4v) is 3.08. The van der Waals surface area contributed by atoms with Crippen LogP contribution in [0.4, 0.5) is 0 Å². The van der Waals surface area contributed by atoms with Crippen LogP contribution in [-0.2, 0) is 13.2 Å². The van der Waals surface area contributed by atoms with Gasteiger partial charge in [0.1, 0.15) is 12.4 Å². The van der Waals surface area contributed by atoms with Crippen LogP contribution in [0.1, 0.15) is 23.4 Å². The third-order valence-electron chi connectivity index (χ3n) is 2.95. The summed E-state index contributed by atoms with van der Waals surface area (Å²) >= 11 is 5.13. The van der Waals surface area contributed by atoms with Crippen molar-refractivity contribution in [1.82, 2.24) is 10.3 Å². The van der Waals surface area contributed by atoms with E-state index in [1.165, 1.54) is 17.7 Å². The van der Waals surface area contributed by atoms with E-state index in [1.807, 2.05) is 12.1 Å². The molecule has 3 rings (SSSR count). The van der Waals surface area contributed by atoms with Crippen LogP contribution in [0.5, 0.6) is 5.75 Å². The number of aromatic nitrogens is 1. The number of nitrogens with one attached hydrogen (secondary N) is 1. The van der Waals surface area contributed by atoms with Gasteiger partial charge in [0, 0.05) is 27.3 Å². The fourth-order valence-electron chi connectivity index (χ4n) is 1.72. The predicted octanol–water partition coefficient (Wildman–Crippen LogP) is 3.74. The maximum Gasteiger partial charge on any atom is 0.138 e. The third-order valence-corrected chi connectivity index (χ3v) is 4.62. The Morgan fingerprint density at radius 3 is 2.95 bits per heavy atom. The van der Waals surface area contributed by atoms with Gasteiger partial charge in [-0.05, 0) is 47.0 Å². The molecule has 1 aliphatic rings. The quantitative estimate of drug-likeness (QED) is 0.871. The number of thiophene rings is 1. The van der Waals surface area contributed by atoms with Gasteiger partial charge in [-0.25, -0.2) is 0 Å². The monoisotopic (exact) mass is 338 g/mol. The molecule has 3 nitrogen and oxygen atoms in total. The molecule has 5 heteroatoms. The lowest BCUT2D eigenvalue weighted by molar-refractivity contribution is 0.308. The Labute approximate surface area is 125 Å². The number of halogens is 1. The molecule has 0 saturated heterocycles. The second-order valence-electron chi connectivity index (χ2n) is 4.66. The second-order valence-corrected chi connectivity index (χ2v) is 6.57. The Balaban J connectivity index is 1.50. The zero-order chi connectivity index (χ0) is 13.1. The van der Waals surface area contributed by atoms with Crippen molar-refractivity contribution in [2.75, 3.05) is 0 Å². The summed E-state index contributed by atoms with van der Waals surface area (Å²) in [7, 11) is 0. The molecule has 1 N–H and O–H groups in total. The zero-order valence-corrected chi connectivity index (χ0v) is 12.8. The second kappa shape index (κ2) is 6.03. The topological polar surface area (TPSA) is 34.1 Å². The first-order chi connectivity index (χ1) is 9.29. The van der Waals surface area contributed by atoms with Crippen LogP contribution in [0.2, 0.25) is 0 Å². The number of ether oxygens (including phenoxy) is 1. The smallest absolute Gasteiger partial charge is 0.138 e. The summed E-state index contributed by atoms with van der Waals surface area (Å²) in [6.07, 6.45) is 4.40. The van der Waals surface area contributed by atoms with Crippen LogP contribution in [0.15, 0.2) is 34.2 Å². The Morgan fingerprint density at radius 2 is 2.32 bits per heavy atom. The molecular weight excluding hydrogens is 324 g/mol. The Morgan fingerprint density at radius 1 is 1.42 bits per heavy atom. The summed E-state index contributed by atoms with van der Waals surface area (Å²) in [6.45, 7) is 1.44. The summed E-state index contributed by atoms with van der Waals surface area (Å²) in [5, 5.41) is 5.51. The average Bonchev–Trinajstić information content (AvgIpc) is 3.17. The van der Waals surface area contributed by atoms with E-state index in [0.717, 1.165) is 28.5 Å². The molecule has 2 aromatic rings. The number of hydrogen-bond donors (Lipinski definition) is 1. The SMILES string of the molecule is Brc1csc(COc2ccc(CNC3CC3)nc2)c1. The van der Waals surface area contributed by atoms with Crippen molar-refractivity contribution in [2.24, 2.45) is 0 Å². The van der Waals surface area contributed by atoms with E-state index in [1.54, 1.807) is 17.5 Å². The normalized spacial score (nSPS) is 14.6. The molecule has 1 aliphatic carbocycles. The van der Waals surface area contributed by atoms with Crippen LogP contribution in [0, 0.1) is 0 Å². The van der Waals surface area contributed by atoms with E-state index in [-0.39, 0.29) is 0 Å². The highest BCUT2D eigenvalue weighted by molar-refractivity contribution is 9.10. The van der Waals surface area contributed by atoms with Gasteiger partial charge >= 0.3 is 0 Å². The first-order valence-electron chi connectivity index (χ1n) is 6.33. The molecule has 0 bridgehead atoms. The Hall–Kier alpha value is -0.910. The van der Waals surface area contributed by atoms with Crippen molar-refractivity contribution in [3.63, 3.8) is 0 Å². The van der Waals surface area contributed by atoms with Gasteiger partial charge < -0.3 is 10.1 Å². The average molecular weight is 339 g/mol. The molecule has 0 amide bonds. The molecule has 1 saturated carbocycles. The molecule has 100 valence electrons. The van der Waals surface area contributed by atoms with Crippen molar-refractivity contribution in [3.8, 4) is 5.75 Å². The molecule has 0 atom stereocenters. The van der Waals surface area contributed by atoms with Crippen LogP contribution < -0.4 is 10.1 Å². The van der Waals surface area contributed by atoms with Crippen LogP contribution in [-0.4, -0.2) is 11.0 Å². The molecule has 2 aromatic heterocycles. The summed E-state index contributed by atoms with van der Waals surface area (Å²) in [5.74, 6) is 0.819. The first kappa shape index (κ1) is 13.1. The summed E-state index contributed by atoms with van der Waals surface area (Å²) in [4.78, 5) is 5.60. The van der Waals surface area contributed by atoms with E-state index in [0.29, 0.717) is 6.61 Å². The number of rotatable bonds is 6. The lowest BCUT2D eigenvalue weighted by atomic mass is 10.3. The number of nitrogens with zero attached hydrogens (tertiary/aromatic N) is 1. The van der Waals surface area contributed by atoms with Crippen molar-refractivity contribution in [3.05, 3.63) is 44.8 Å². The molecule has 0 unspecified atom stereocenters. The highest BCUT2D eigenvalue weighted by Gasteiger charge is 2.19. The van der Waals surface area contributed by atoms with Gasteiger partial charge in [-0.2, -0.15) is 0 Å². The van der Waals surface area contributed by atoms with E-state index >= 15 is 0 Å². The molecule has 0 spiro atoms. The van der Waals surface area contributed by atoms with E-state index in [4.69, 9.17) is 4.74 Å². The minimum atomic E-state index is 0.595. The highest BCUT2D eigenvalue weighted by atomic mass is 79.9. The van der Waals surface area contributed by atoms with Gasteiger partial charge in [0.05, 0.1) is 11.9 Å². The maximum absolute atomic E-state index is 5.70. The molecule has 1 fully saturated rings. The maximum atomic E-state index is 5.70. The molecule has 2 heterocycles. The van der Waals surface area contributed by atoms with Gasteiger partial charge in [-0.1, -0.05) is 0 Å². The molecule has 19 heavy (non-hydrogen) atoms. The van der Waals surface area contributed by atoms with Gasteiger partial charge in [0.2, 0.25) is 0 Å². The predicted molar refractivity (Wildman–Crippen MR) is 80.4 cm³/mol. The summed E-state index contributed by atoms with van der Waals surface area (Å²) in [5.41, 5.74) is 1.07. The standard InChI is InChI=1S/C14H15BrN2OS/c15-10-5-14(19-9-10)8-18-13-4-3-12(17-7-13)6-16-11-1-2-11/h3-5,7,9,11,16H,1-2,6,8H2. The van der Waals surface area contributed by atoms with Crippen molar-refractivity contribution in [2.45, 2.75) is 32.0 Å². The summed E-state index contributed by atoms with van der Waals surface area (Å²) in [6, 6.07) is 6.80. The van der Waals surface area contributed by atoms with Gasteiger partial charge in [0.15, 0.2) is 0 Å².